The van der Waals surface area contributed by atoms with E-state index in [1.54, 1.807) is 60.7 Å². The summed E-state index contributed by atoms with van der Waals surface area (Å²) in [5.74, 6) is -1.86. The van der Waals surface area contributed by atoms with Crippen LogP contribution in [0, 0.1) is 0 Å². The number of amides is 1. The number of oxazole rings is 1. The van der Waals surface area contributed by atoms with Crippen LogP contribution in [0.2, 0.25) is 5.02 Å². The number of para-hydroxylation sites is 2. The summed E-state index contributed by atoms with van der Waals surface area (Å²) in [4.78, 5) is 29.2. The van der Waals surface area contributed by atoms with Gasteiger partial charge in [-0.25, -0.2) is 13.2 Å². The van der Waals surface area contributed by atoms with Gasteiger partial charge in [0.25, 0.3) is 12.1 Å². The fourth-order valence-corrected chi connectivity index (χ4v) is 5.74. The number of nitrogens with one attached hydrogen (secondary N) is 1. The number of ether oxygens (including phenoxy) is 2. The molecule has 0 aliphatic rings. The van der Waals surface area contributed by atoms with Crippen LogP contribution in [0.5, 0.6) is 11.8 Å². The maximum absolute atomic E-state index is 12.9. The van der Waals surface area contributed by atoms with Gasteiger partial charge in [0.1, 0.15) is 17.9 Å². The Balaban J connectivity index is 1.14. The van der Waals surface area contributed by atoms with Crippen LogP contribution >= 0.6 is 11.6 Å². The van der Waals surface area contributed by atoms with Crippen LogP contribution < -0.4 is 14.8 Å². The molecule has 1 heterocycles. The van der Waals surface area contributed by atoms with Gasteiger partial charge in [-0.15, -0.1) is 0 Å². The summed E-state index contributed by atoms with van der Waals surface area (Å²) in [6, 6.07) is 26.3. The zero-order chi connectivity index (χ0) is 31.1. The molecule has 0 fully saturated rings. The second-order valence-corrected chi connectivity index (χ2v) is 12.3. The molecule has 5 rings (SSSR count). The van der Waals surface area contributed by atoms with Crippen LogP contribution in [0.25, 0.3) is 11.1 Å². The third kappa shape index (κ3) is 7.94. The number of aryl methyl sites for hydroxylation is 1. The summed E-state index contributed by atoms with van der Waals surface area (Å²) in [5, 5.41) is 12.5. The van der Waals surface area contributed by atoms with Crippen LogP contribution in [0.1, 0.15) is 27.9 Å². The first kappa shape index (κ1) is 30.6. The van der Waals surface area contributed by atoms with Gasteiger partial charge in [0.2, 0.25) is 0 Å². The number of nitrogens with zero attached hydrogens (tertiary/aromatic N) is 1. The Kier molecular flexibility index (Phi) is 9.47. The first-order valence-electron chi connectivity index (χ1n) is 13.5. The average Bonchev–Trinajstić information content (AvgIpc) is 3.44. The maximum atomic E-state index is 12.9. The summed E-state index contributed by atoms with van der Waals surface area (Å²) in [6.45, 7) is 0.0756. The van der Waals surface area contributed by atoms with Gasteiger partial charge in [-0.3, -0.25) is 4.79 Å². The molecule has 0 aliphatic heterocycles. The van der Waals surface area contributed by atoms with Crippen LogP contribution in [0.15, 0.2) is 106 Å². The maximum Gasteiger partial charge on any atom is 0.394 e. The zero-order valence-corrected chi connectivity index (χ0v) is 24.8. The number of sulfone groups is 1. The predicted octanol–water partition coefficient (Wildman–Crippen LogP) is 5.69. The first-order chi connectivity index (χ1) is 21.2. The van der Waals surface area contributed by atoms with E-state index < -0.39 is 27.9 Å². The Morgan fingerprint density at radius 3 is 2.41 bits per heavy atom. The molecule has 4 aromatic carbocycles. The molecule has 0 bridgehead atoms. The van der Waals surface area contributed by atoms with Crippen molar-refractivity contribution in [3.63, 3.8) is 0 Å². The minimum absolute atomic E-state index is 0.0376. The highest BCUT2D eigenvalue weighted by atomic mass is 35.5. The summed E-state index contributed by atoms with van der Waals surface area (Å²) >= 11 is 5.84. The van der Waals surface area contributed by atoms with Crippen LogP contribution in [-0.2, 0) is 27.7 Å². The number of carboxylic acid groups (broad SMARTS) is 1. The molecule has 1 atom stereocenters. The van der Waals surface area contributed by atoms with E-state index in [0.29, 0.717) is 34.5 Å². The molecular formula is C32H27ClN2O8S. The number of aromatic nitrogens is 1. The number of hydrogen-bond donors (Lipinski definition) is 2. The molecule has 0 aliphatic carbocycles. The lowest BCUT2D eigenvalue weighted by Gasteiger charge is -2.17. The van der Waals surface area contributed by atoms with Crippen molar-refractivity contribution in [3.05, 3.63) is 119 Å². The molecule has 1 unspecified atom stereocenters. The molecule has 5 aromatic rings. The van der Waals surface area contributed by atoms with E-state index in [0.717, 1.165) is 5.56 Å². The van der Waals surface area contributed by atoms with Gasteiger partial charge in [-0.2, -0.15) is 4.98 Å². The summed E-state index contributed by atoms with van der Waals surface area (Å²) < 4.78 is 41.8. The minimum Gasteiger partial charge on any atom is -0.477 e. The van der Waals surface area contributed by atoms with Crippen molar-refractivity contribution in [1.82, 2.24) is 10.3 Å². The first-order valence-corrected chi connectivity index (χ1v) is 15.5. The lowest BCUT2D eigenvalue weighted by Crippen LogP contribution is -2.45. The van der Waals surface area contributed by atoms with Gasteiger partial charge in [-0.1, -0.05) is 48.0 Å². The van der Waals surface area contributed by atoms with Crippen molar-refractivity contribution in [1.29, 1.82) is 0 Å². The third-order valence-corrected chi connectivity index (χ3v) is 8.61. The van der Waals surface area contributed by atoms with Gasteiger partial charge in [-0.05, 0) is 84.6 Å². The number of halogens is 1. The molecule has 0 saturated heterocycles. The van der Waals surface area contributed by atoms with Crippen molar-refractivity contribution >= 4 is 44.4 Å². The number of fused-ring (bicyclic) bond motifs is 1. The molecular weight excluding hydrogens is 608 g/mol. The van der Waals surface area contributed by atoms with E-state index in [1.165, 1.54) is 24.3 Å². The fourth-order valence-electron chi connectivity index (χ4n) is 4.30. The van der Waals surface area contributed by atoms with Crippen LogP contribution in [0.4, 0.5) is 0 Å². The molecule has 226 valence electrons. The molecule has 44 heavy (non-hydrogen) atoms. The van der Waals surface area contributed by atoms with Crippen molar-refractivity contribution in [3.8, 4) is 11.8 Å². The Morgan fingerprint density at radius 2 is 1.68 bits per heavy atom. The highest BCUT2D eigenvalue weighted by molar-refractivity contribution is 7.91. The Morgan fingerprint density at radius 1 is 0.932 bits per heavy atom. The molecule has 0 saturated carbocycles. The number of carbonyl (C=O) groups excluding carboxylic acids is 1. The van der Waals surface area contributed by atoms with Gasteiger partial charge < -0.3 is 24.3 Å². The highest BCUT2D eigenvalue weighted by Gasteiger charge is 2.23. The number of aliphatic carboxylic acids is 1. The molecule has 0 spiro atoms. The Bertz CT molecular complexity index is 1840. The minimum atomic E-state index is -3.44. The average molecular weight is 635 g/mol. The number of rotatable bonds is 13. The Hall–Kier alpha value is -4.87. The van der Waals surface area contributed by atoms with E-state index in [2.05, 4.69) is 10.3 Å². The fraction of sp³-hybridized carbons (Fsp3) is 0.156. The number of benzene rings is 4. The molecule has 1 amide bonds. The van der Waals surface area contributed by atoms with Crippen LogP contribution in [-0.4, -0.2) is 42.4 Å². The van der Waals surface area contributed by atoms with Gasteiger partial charge in [0.15, 0.2) is 15.4 Å². The quantitative estimate of drug-likeness (QED) is 0.156. The zero-order valence-electron chi connectivity index (χ0n) is 23.2. The number of carbonyl (C=O) groups is 2. The second-order valence-electron chi connectivity index (χ2n) is 9.77. The monoisotopic (exact) mass is 634 g/mol. The van der Waals surface area contributed by atoms with Crippen LogP contribution in [0.3, 0.4) is 0 Å². The topological polar surface area (TPSA) is 145 Å². The normalized spacial score (nSPS) is 12.0. The molecule has 1 aromatic heterocycles. The SMILES string of the molecule is O=C(NC(Oc1ccc(CCCS(=O)(=O)c2ccc(Cl)cc2)cc1)C(=O)O)c1cccc(COc2nc3ccccc3o2)c1. The van der Waals surface area contributed by atoms with Gasteiger partial charge in [0.05, 0.1) is 10.6 Å². The van der Waals surface area contributed by atoms with Crippen molar-refractivity contribution < 1.29 is 37.0 Å². The largest absolute Gasteiger partial charge is 0.477 e. The standard InChI is InChI=1S/C32H27ClN2O8S/c33-24-12-16-26(17-13-24)44(39,40)18-4-6-21-10-14-25(15-11-21)42-30(31(37)38)35-29(36)23-7-3-5-22(19-23)20-41-32-34-27-8-1-2-9-28(27)43-32/h1-3,5,7-17,19,30H,4,6,18,20H2,(H,35,36)(H,37,38). The summed E-state index contributed by atoms with van der Waals surface area (Å²) in [6.07, 6.45) is -0.692. The molecule has 10 nitrogen and oxygen atoms in total. The lowest BCUT2D eigenvalue weighted by molar-refractivity contribution is -0.146. The second kappa shape index (κ2) is 13.6. The number of hydrogen-bond acceptors (Lipinski definition) is 8. The Labute approximate surface area is 258 Å². The van der Waals surface area contributed by atoms with E-state index in [1.807, 2.05) is 12.1 Å². The van der Waals surface area contributed by atoms with E-state index in [4.69, 9.17) is 25.5 Å². The predicted molar refractivity (Wildman–Crippen MR) is 163 cm³/mol. The molecule has 12 heteroatoms. The van der Waals surface area contributed by atoms with Crippen molar-refractivity contribution in [2.24, 2.45) is 0 Å². The van der Waals surface area contributed by atoms with E-state index in [9.17, 15) is 23.1 Å². The summed E-state index contributed by atoms with van der Waals surface area (Å²) in [7, 11) is -3.44. The highest BCUT2D eigenvalue weighted by Crippen LogP contribution is 2.22. The lowest BCUT2D eigenvalue weighted by atomic mass is 10.1. The molecule has 0 radical (unpaired) electrons. The number of carboxylic acids is 1. The summed E-state index contributed by atoms with van der Waals surface area (Å²) in [5.41, 5.74) is 2.94. The van der Waals surface area contributed by atoms with Gasteiger partial charge >= 0.3 is 12.0 Å². The van der Waals surface area contributed by atoms with E-state index >= 15 is 0 Å². The van der Waals surface area contributed by atoms with E-state index in [-0.39, 0.29) is 34.6 Å². The van der Waals surface area contributed by atoms with Gasteiger partial charge in [0, 0.05) is 10.6 Å². The smallest absolute Gasteiger partial charge is 0.394 e. The van der Waals surface area contributed by atoms with Crippen molar-refractivity contribution in [2.75, 3.05) is 5.75 Å². The third-order valence-electron chi connectivity index (χ3n) is 6.54. The van der Waals surface area contributed by atoms with Crippen molar-refractivity contribution in [2.45, 2.75) is 30.6 Å². The molecule has 2 N–H and O–H groups in total.